The average Bonchev–Trinajstić information content (AvgIpc) is 2.82. The first-order valence-electron chi connectivity index (χ1n) is 9.45. The molecule has 0 saturated carbocycles. The van der Waals surface area contributed by atoms with Crippen LogP contribution in [0.25, 0.3) is 11.6 Å². The van der Waals surface area contributed by atoms with Gasteiger partial charge >= 0.3 is 5.97 Å². The quantitative estimate of drug-likeness (QED) is 0.229. The highest BCUT2D eigenvalue weighted by Crippen LogP contribution is 2.30. The van der Waals surface area contributed by atoms with Crippen LogP contribution in [-0.2, 0) is 4.79 Å². The fraction of sp³-hybridized carbons (Fsp3) is 0.120. The van der Waals surface area contributed by atoms with E-state index in [-0.39, 0.29) is 12.4 Å². The monoisotopic (exact) mass is 415 g/mol. The summed E-state index contributed by atoms with van der Waals surface area (Å²) in [5.41, 5.74) is 1.96. The van der Waals surface area contributed by atoms with Crippen LogP contribution in [0, 0.1) is 11.3 Å². The summed E-state index contributed by atoms with van der Waals surface area (Å²) in [6.07, 6.45) is 1.73. The zero-order valence-electron chi connectivity index (χ0n) is 17.2. The fourth-order valence-electron chi connectivity index (χ4n) is 2.79. The first-order chi connectivity index (χ1) is 15.1. The van der Waals surface area contributed by atoms with Crippen molar-refractivity contribution in [2.24, 2.45) is 0 Å². The van der Waals surface area contributed by atoms with Crippen LogP contribution < -0.4 is 18.9 Å². The minimum absolute atomic E-state index is 0.231. The van der Waals surface area contributed by atoms with E-state index in [1.807, 2.05) is 30.3 Å². The van der Waals surface area contributed by atoms with Gasteiger partial charge in [0.25, 0.3) is 0 Å². The van der Waals surface area contributed by atoms with Crippen molar-refractivity contribution in [2.75, 3.05) is 20.8 Å². The normalized spacial score (nSPS) is 10.7. The van der Waals surface area contributed by atoms with Crippen LogP contribution in [0.3, 0.4) is 0 Å². The topological polar surface area (TPSA) is 77.8 Å². The largest absolute Gasteiger partial charge is 0.497 e. The Labute approximate surface area is 180 Å². The molecule has 0 aromatic heterocycles. The second-order valence-corrected chi connectivity index (χ2v) is 6.38. The second-order valence-electron chi connectivity index (χ2n) is 6.38. The average molecular weight is 415 g/mol. The molecular weight excluding hydrogens is 394 g/mol. The highest BCUT2D eigenvalue weighted by molar-refractivity contribution is 5.90. The molecule has 0 aliphatic rings. The van der Waals surface area contributed by atoms with Gasteiger partial charge in [0.05, 0.1) is 25.9 Å². The minimum atomic E-state index is -0.554. The van der Waals surface area contributed by atoms with Gasteiger partial charge in [-0.15, -0.1) is 0 Å². The molecule has 3 rings (SSSR count). The third-order valence-electron chi connectivity index (χ3n) is 4.34. The van der Waals surface area contributed by atoms with Crippen LogP contribution in [0.1, 0.15) is 11.1 Å². The molecule has 31 heavy (non-hydrogen) atoms. The van der Waals surface area contributed by atoms with Crippen molar-refractivity contribution in [1.29, 1.82) is 5.26 Å². The Morgan fingerprint density at radius 2 is 1.65 bits per heavy atom. The fourth-order valence-corrected chi connectivity index (χ4v) is 2.79. The summed E-state index contributed by atoms with van der Waals surface area (Å²) < 4.78 is 21.3. The van der Waals surface area contributed by atoms with E-state index in [1.54, 1.807) is 55.7 Å². The van der Waals surface area contributed by atoms with Crippen molar-refractivity contribution in [3.8, 4) is 29.1 Å². The standard InChI is InChI=1S/C25H21NO5/c1-28-21-11-9-19(10-12-21)20(16-26)14-18-8-13-23(24(15-18)29-2)31-25(27)17-30-22-6-4-3-5-7-22/h3-15H,17H2,1-2H3/b20-14-. The van der Waals surface area contributed by atoms with Crippen LogP contribution in [0.15, 0.2) is 72.8 Å². The van der Waals surface area contributed by atoms with E-state index >= 15 is 0 Å². The molecule has 0 spiro atoms. The number of allylic oxidation sites excluding steroid dienone is 1. The summed E-state index contributed by atoms with van der Waals surface area (Å²) in [7, 11) is 3.07. The highest BCUT2D eigenvalue weighted by Gasteiger charge is 2.12. The van der Waals surface area contributed by atoms with Gasteiger partial charge in [0.15, 0.2) is 18.1 Å². The van der Waals surface area contributed by atoms with Crippen LogP contribution in [0.4, 0.5) is 0 Å². The van der Waals surface area contributed by atoms with Gasteiger partial charge in [-0.3, -0.25) is 0 Å². The Hall–Kier alpha value is -4.24. The lowest BCUT2D eigenvalue weighted by atomic mass is 10.0. The van der Waals surface area contributed by atoms with Gasteiger partial charge in [-0.05, 0) is 65.7 Å². The van der Waals surface area contributed by atoms with Gasteiger partial charge in [-0.25, -0.2) is 4.79 Å². The van der Waals surface area contributed by atoms with E-state index in [4.69, 9.17) is 18.9 Å². The predicted molar refractivity (Wildman–Crippen MR) is 117 cm³/mol. The van der Waals surface area contributed by atoms with Crippen molar-refractivity contribution in [1.82, 2.24) is 0 Å². The summed E-state index contributed by atoms with van der Waals surface area (Å²) >= 11 is 0. The molecule has 3 aromatic rings. The molecule has 0 fully saturated rings. The molecule has 6 heteroatoms. The van der Waals surface area contributed by atoms with Crippen molar-refractivity contribution in [3.05, 3.63) is 83.9 Å². The third-order valence-corrected chi connectivity index (χ3v) is 4.34. The van der Waals surface area contributed by atoms with E-state index in [9.17, 15) is 10.1 Å². The first kappa shape index (κ1) is 21.5. The van der Waals surface area contributed by atoms with Gasteiger partial charge in [-0.2, -0.15) is 5.26 Å². The summed E-state index contributed by atoms with van der Waals surface area (Å²) in [5, 5.41) is 9.56. The summed E-state index contributed by atoms with van der Waals surface area (Å²) in [5.74, 6) is 1.37. The smallest absolute Gasteiger partial charge is 0.349 e. The number of para-hydroxylation sites is 1. The molecular formula is C25H21NO5. The molecule has 0 unspecified atom stereocenters. The molecule has 0 radical (unpaired) electrons. The molecule has 6 nitrogen and oxygen atoms in total. The first-order valence-corrected chi connectivity index (χ1v) is 9.45. The van der Waals surface area contributed by atoms with Crippen LogP contribution in [-0.4, -0.2) is 26.8 Å². The number of rotatable bonds is 8. The number of nitriles is 1. The number of carbonyl (C=O) groups is 1. The molecule has 3 aromatic carbocycles. The summed E-state index contributed by atoms with van der Waals surface area (Å²) in [6, 6.07) is 23.5. The highest BCUT2D eigenvalue weighted by atomic mass is 16.6. The van der Waals surface area contributed by atoms with Crippen LogP contribution in [0.5, 0.6) is 23.0 Å². The number of esters is 1. The number of methoxy groups -OCH3 is 2. The molecule has 0 heterocycles. The van der Waals surface area contributed by atoms with Crippen LogP contribution in [0.2, 0.25) is 0 Å². The van der Waals surface area contributed by atoms with Gasteiger partial charge in [0, 0.05) is 0 Å². The molecule has 0 amide bonds. The molecule has 0 aliphatic heterocycles. The van der Waals surface area contributed by atoms with Crippen molar-refractivity contribution >= 4 is 17.6 Å². The van der Waals surface area contributed by atoms with Gasteiger partial charge in [-0.1, -0.05) is 24.3 Å². The Morgan fingerprint density at radius 3 is 2.29 bits per heavy atom. The lowest BCUT2D eigenvalue weighted by Gasteiger charge is -2.11. The maximum Gasteiger partial charge on any atom is 0.349 e. The molecule has 156 valence electrons. The predicted octanol–water partition coefficient (Wildman–Crippen LogP) is 4.75. The van der Waals surface area contributed by atoms with Gasteiger partial charge in [0.1, 0.15) is 11.5 Å². The summed E-state index contributed by atoms with van der Waals surface area (Å²) in [4.78, 5) is 12.1. The zero-order chi connectivity index (χ0) is 22.1. The zero-order valence-corrected chi connectivity index (χ0v) is 17.2. The van der Waals surface area contributed by atoms with E-state index in [0.29, 0.717) is 22.8 Å². The van der Waals surface area contributed by atoms with Crippen molar-refractivity contribution < 1.29 is 23.7 Å². The molecule has 0 aliphatic carbocycles. The van der Waals surface area contributed by atoms with E-state index in [2.05, 4.69) is 6.07 Å². The maximum atomic E-state index is 12.1. The number of nitrogens with zero attached hydrogens (tertiary/aromatic N) is 1. The Kier molecular flexibility index (Phi) is 7.28. The number of carbonyl (C=O) groups excluding carboxylic acids is 1. The maximum absolute atomic E-state index is 12.1. The SMILES string of the molecule is COc1ccc(/C(C#N)=C\c2ccc(OC(=O)COc3ccccc3)c(OC)c2)cc1. The third kappa shape index (κ3) is 5.87. The van der Waals surface area contributed by atoms with Gasteiger partial charge in [0.2, 0.25) is 0 Å². The Morgan fingerprint density at radius 1 is 0.903 bits per heavy atom. The number of hydrogen-bond acceptors (Lipinski definition) is 6. The lowest BCUT2D eigenvalue weighted by molar-refractivity contribution is -0.136. The van der Waals surface area contributed by atoms with E-state index < -0.39 is 5.97 Å². The Bertz CT molecular complexity index is 1100. The number of benzene rings is 3. The summed E-state index contributed by atoms with van der Waals surface area (Å²) in [6.45, 7) is -0.231. The Balaban J connectivity index is 1.73. The minimum Gasteiger partial charge on any atom is -0.497 e. The van der Waals surface area contributed by atoms with Crippen molar-refractivity contribution in [2.45, 2.75) is 0 Å². The number of hydrogen-bond donors (Lipinski definition) is 0. The van der Waals surface area contributed by atoms with Gasteiger partial charge < -0.3 is 18.9 Å². The lowest BCUT2D eigenvalue weighted by Crippen LogP contribution is -2.18. The van der Waals surface area contributed by atoms with E-state index in [1.165, 1.54) is 7.11 Å². The molecule has 0 bridgehead atoms. The number of ether oxygens (including phenoxy) is 4. The molecule has 0 N–H and O–H groups in total. The molecule has 0 atom stereocenters. The second kappa shape index (κ2) is 10.5. The molecule has 0 saturated heterocycles. The van der Waals surface area contributed by atoms with E-state index in [0.717, 1.165) is 11.1 Å². The van der Waals surface area contributed by atoms with Crippen molar-refractivity contribution in [3.63, 3.8) is 0 Å². The van der Waals surface area contributed by atoms with Crippen LogP contribution >= 0.6 is 0 Å².